The van der Waals surface area contributed by atoms with Crippen molar-refractivity contribution < 1.29 is 14.3 Å². The van der Waals surface area contributed by atoms with Gasteiger partial charge in [0.05, 0.1) is 0 Å². The number of Topliss-reactive ketones (excluding diaryl/α,β-unsaturated/α-hetero) is 1. The smallest absolute Gasteiger partial charge is 0.355 e. The second kappa shape index (κ2) is 6.75. The average molecular weight is 370 g/mol. The van der Waals surface area contributed by atoms with Crippen LogP contribution in [-0.4, -0.2) is 32.9 Å². The number of aromatic amines is 2. The van der Waals surface area contributed by atoms with Crippen LogP contribution in [-0.2, 0) is 11.8 Å². The highest BCUT2D eigenvalue weighted by Gasteiger charge is 2.20. The number of anilines is 1. The predicted molar refractivity (Wildman–Crippen MR) is 95.9 cm³/mol. The molecular weight excluding hydrogens is 356 g/mol. The number of nitrogens with one attached hydrogen (secondary N) is 2. The minimum Gasteiger partial charge on any atom is -0.453 e. The number of ether oxygens (including phenoxy) is 1. The third-order valence-electron chi connectivity index (χ3n) is 3.94. The summed E-state index contributed by atoms with van der Waals surface area (Å²) in [6.07, 6.45) is 0. The van der Waals surface area contributed by atoms with Crippen molar-refractivity contribution in [3.05, 3.63) is 72.7 Å². The maximum absolute atomic E-state index is 12.2. The topological polar surface area (TPSA) is 157 Å². The third kappa shape index (κ3) is 3.27. The van der Waals surface area contributed by atoms with E-state index in [1.165, 1.54) is 7.05 Å². The van der Waals surface area contributed by atoms with Gasteiger partial charge < -0.3 is 15.5 Å². The molecule has 10 heteroatoms. The monoisotopic (exact) mass is 370 g/mol. The number of nitrogen functional groups attached to an aromatic ring is 1. The summed E-state index contributed by atoms with van der Waals surface area (Å²) in [7, 11) is 1.27. The van der Waals surface area contributed by atoms with Gasteiger partial charge in [0.1, 0.15) is 17.1 Å². The number of H-pyrrole nitrogens is 2. The number of fused-ring (bicyclic) bond motifs is 1. The number of hydrogen-bond acceptors (Lipinski definition) is 7. The Morgan fingerprint density at radius 2 is 1.85 bits per heavy atom. The normalized spacial score (nSPS) is 10.7. The number of ketones is 1. The van der Waals surface area contributed by atoms with Gasteiger partial charge in [-0.1, -0.05) is 12.1 Å². The van der Waals surface area contributed by atoms with E-state index in [1.807, 2.05) is 4.98 Å². The summed E-state index contributed by atoms with van der Waals surface area (Å²) >= 11 is 0. The van der Waals surface area contributed by atoms with Gasteiger partial charge in [-0.2, -0.15) is 0 Å². The first-order chi connectivity index (χ1) is 12.8. The summed E-state index contributed by atoms with van der Waals surface area (Å²) in [4.78, 5) is 64.3. The van der Waals surface area contributed by atoms with Crippen molar-refractivity contribution in [3.63, 3.8) is 0 Å². The summed E-state index contributed by atoms with van der Waals surface area (Å²) in [6, 6.07) is 7.64. The Bertz CT molecular complexity index is 1250. The highest BCUT2D eigenvalue weighted by atomic mass is 16.5. The van der Waals surface area contributed by atoms with Gasteiger partial charge in [0, 0.05) is 24.0 Å². The first-order valence-electron chi connectivity index (χ1n) is 7.70. The molecule has 0 aliphatic heterocycles. The molecule has 0 saturated heterocycles. The number of benzene rings is 1. The molecule has 0 aliphatic rings. The predicted octanol–water partition coefficient (Wildman–Crippen LogP) is -0.463. The van der Waals surface area contributed by atoms with Crippen LogP contribution < -0.4 is 22.4 Å². The SMILES string of the molecule is Cn1c(N)c(C(=O)COC(=O)c2cc(=O)c3ccccc3[nH]2)c(=O)[nH]c1=O. The van der Waals surface area contributed by atoms with Crippen molar-refractivity contribution in [3.8, 4) is 0 Å². The maximum atomic E-state index is 12.2. The van der Waals surface area contributed by atoms with Crippen LogP contribution in [0, 0.1) is 0 Å². The van der Waals surface area contributed by atoms with Gasteiger partial charge in [0.15, 0.2) is 12.0 Å². The van der Waals surface area contributed by atoms with Crippen LogP contribution in [0.15, 0.2) is 44.7 Å². The van der Waals surface area contributed by atoms with Gasteiger partial charge in [-0.25, -0.2) is 9.59 Å². The molecule has 4 N–H and O–H groups in total. The Morgan fingerprint density at radius 1 is 1.15 bits per heavy atom. The molecule has 2 aromatic heterocycles. The van der Waals surface area contributed by atoms with Gasteiger partial charge in [-0.15, -0.1) is 0 Å². The Balaban J connectivity index is 1.84. The molecule has 0 amide bonds. The standard InChI is InChI=1S/C17H14N4O6/c1-21-14(18)13(15(24)20-17(21)26)12(23)7-27-16(25)10-6-11(22)8-4-2-3-5-9(8)19-10/h2-6H,7,18H2,1H3,(H,19,22)(H,20,24,26). The molecule has 0 saturated carbocycles. The molecule has 0 spiro atoms. The van der Waals surface area contributed by atoms with Crippen LogP contribution in [0.1, 0.15) is 20.8 Å². The fourth-order valence-corrected chi connectivity index (χ4v) is 2.49. The van der Waals surface area contributed by atoms with E-state index < -0.39 is 35.2 Å². The third-order valence-corrected chi connectivity index (χ3v) is 3.94. The van der Waals surface area contributed by atoms with Crippen molar-refractivity contribution >= 4 is 28.5 Å². The van der Waals surface area contributed by atoms with Crippen molar-refractivity contribution in [2.45, 2.75) is 0 Å². The number of carbonyl (C=O) groups excluding carboxylic acids is 2. The minimum absolute atomic E-state index is 0.145. The number of nitrogens with two attached hydrogens (primary N) is 1. The molecule has 1 aromatic carbocycles. The van der Waals surface area contributed by atoms with E-state index in [-0.39, 0.29) is 16.9 Å². The lowest BCUT2D eigenvalue weighted by molar-refractivity contribution is 0.0469. The zero-order valence-corrected chi connectivity index (χ0v) is 14.1. The van der Waals surface area contributed by atoms with Crippen LogP contribution in [0.25, 0.3) is 10.9 Å². The van der Waals surface area contributed by atoms with E-state index in [0.717, 1.165) is 10.6 Å². The van der Waals surface area contributed by atoms with Crippen LogP contribution >= 0.6 is 0 Å². The number of carbonyl (C=O) groups is 2. The Labute approximate surface area is 150 Å². The molecular formula is C17H14N4O6. The summed E-state index contributed by atoms with van der Waals surface area (Å²) in [6.45, 7) is -0.792. The molecule has 0 fully saturated rings. The Morgan fingerprint density at radius 3 is 2.59 bits per heavy atom. The van der Waals surface area contributed by atoms with Crippen molar-refractivity contribution in [2.24, 2.45) is 7.05 Å². The zero-order chi connectivity index (χ0) is 19.7. The van der Waals surface area contributed by atoms with Crippen LogP contribution in [0.5, 0.6) is 0 Å². The van der Waals surface area contributed by atoms with Crippen molar-refractivity contribution in [1.82, 2.24) is 14.5 Å². The van der Waals surface area contributed by atoms with Gasteiger partial charge in [-0.05, 0) is 12.1 Å². The minimum atomic E-state index is -0.976. The molecule has 0 unspecified atom stereocenters. The lowest BCUT2D eigenvalue weighted by Crippen LogP contribution is -2.35. The summed E-state index contributed by atoms with van der Waals surface area (Å²) in [5.74, 6) is -2.18. The van der Waals surface area contributed by atoms with Crippen LogP contribution in [0.3, 0.4) is 0 Å². The van der Waals surface area contributed by atoms with Gasteiger partial charge in [0.2, 0.25) is 5.78 Å². The maximum Gasteiger partial charge on any atom is 0.355 e. The van der Waals surface area contributed by atoms with Crippen molar-refractivity contribution in [2.75, 3.05) is 12.3 Å². The molecule has 3 aromatic rings. The van der Waals surface area contributed by atoms with E-state index >= 15 is 0 Å². The second-order valence-electron chi connectivity index (χ2n) is 5.67. The van der Waals surface area contributed by atoms with Crippen LogP contribution in [0.4, 0.5) is 5.82 Å². The molecule has 0 radical (unpaired) electrons. The molecule has 0 aliphatic carbocycles. The number of para-hydroxylation sites is 1. The highest BCUT2D eigenvalue weighted by molar-refractivity contribution is 6.02. The average Bonchev–Trinajstić information content (AvgIpc) is 2.64. The molecule has 10 nitrogen and oxygen atoms in total. The Kier molecular flexibility index (Phi) is 4.46. The zero-order valence-electron chi connectivity index (χ0n) is 14.1. The number of hydrogen-bond donors (Lipinski definition) is 3. The van der Waals surface area contributed by atoms with E-state index in [9.17, 15) is 24.0 Å². The van der Waals surface area contributed by atoms with Gasteiger partial charge in [0.25, 0.3) is 5.56 Å². The lowest BCUT2D eigenvalue weighted by Gasteiger charge is -2.08. The summed E-state index contributed by atoms with van der Waals surface area (Å²) in [5.41, 5.74) is 3.28. The molecule has 0 atom stereocenters. The number of aromatic nitrogens is 3. The van der Waals surface area contributed by atoms with E-state index in [1.54, 1.807) is 24.3 Å². The number of rotatable bonds is 4. The largest absolute Gasteiger partial charge is 0.453 e. The number of esters is 1. The molecule has 3 rings (SSSR count). The summed E-state index contributed by atoms with van der Waals surface area (Å²) in [5, 5.41) is 0.398. The van der Waals surface area contributed by atoms with Crippen molar-refractivity contribution in [1.29, 1.82) is 0 Å². The van der Waals surface area contributed by atoms with E-state index in [2.05, 4.69) is 4.98 Å². The Hall–Kier alpha value is -3.95. The lowest BCUT2D eigenvalue weighted by atomic mass is 10.2. The fourth-order valence-electron chi connectivity index (χ4n) is 2.49. The second-order valence-corrected chi connectivity index (χ2v) is 5.67. The van der Waals surface area contributed by atoms with Gasteiger partial charge >= 0.3 is 11.7 Å². The highest BCUT2D eigenvalue weighted by Crippen LogP contribution is 2.09. The van der Waals surface area contributed by atoms with E-state index in [0.29, 0.717) is 10.9 Å². The first-order valence-corrected chi connectivity index (χ1v) is 7.70. The summed E-state index contributed by atoms with van der Waals surface area (Å²) < 4.78 is 5.76. The molecule has 138 valence electrons. The van der Waals surface area contributed by atoms with Crippen LogP contribution in [0.2, 0.25) is 0 Å². The van der Waals surface area contributed by atoms with E-state index in [4.69, 9.17) is 10.5 Å². The first kappa shape index (κ1) is 17.9. The number of nitrogens with zero attached hydrogens (tertiary/aromatic N) is 1. The molecule has 2 heterocycles. The van der Waals surface area contributed by atoms with Gasteiger partial charge in [-0.3, -0.25) is 23.9 Å². The number of pyridine rings is 1. The quantitative estimate of drug-likeness (QED) is 0.414. The molecule has 0 bridgehead atoms. The molecule has 27 heavy (non-hydrogen) atoms. The fraction of sp³-hybridized carbons (Fsp3) is 0.118.